The molecule has 1 nitrogen and oxygen atoms in total. The molecule has 0 bridgehead atoms. The fraction of sp³-hybridized carbons (Fsp3) is 0.273. The zero-order valence-corrected chi connectivity index (χ0v) is 12.9. The Labute approximate surface area is 142 Å². The molecule has 1 aromatic rings. The quantitative estimate of drug-likeness (QED) is 0.695. The van der Waals surface area contributed by atoms with E-state index < -0.39 is 12.4 Å². The first-order valence-corrected chi connectivity index (χ1v) is 5.19. The first kappa shape index (κ1) is 15.3. The van der Waals surface area contributed by atoms with E-state index in [9.17, 15) is 12.9 Å². The average Bonchev–Trinajstić information content (AvgIpc) is 2.61. The third-order valence-electron chi connectivity index (χ3n) is 2.84. The van der Waals surface area contributed by atoms with Crippen LogP contribution in [0, 0.1) is 0 Å². The summed E-state index contributed by atoms with van der Waals surface area (Å²) in [7, 11) is 0. The molecule has 2 rings (SSSR count). The van der Waals surface area contributed by atoms with E-state index in [1.165, 1.54) is 0 Å². The van der Waals surface area contributed by atoms with E-state index in [4.69, 9.17) is 0 Å². The van der Waals surface area contributed by atoms with Gasteiger partial charge in [0, 0.05) is 18.8 Å². The standard InChI is InChI=1S/C11H12BF3N.K/c1-9(12(13,14)15)8-16-7-6-10-4-2-3-5-11(10)16;/h2-5H,1,6-8H2;/q-1;+1. The number of fused-ring (bicyclic) bond motifs is 1. The molecule has 0 saturated heterocycles. The molecule has 0 aliphatic carbocycles. The monoisotopic (exact) mass is 265 g/mol. The largest absolute Gasteiger partial charge is 1.00 e. The summed E-state index contributed by atoms with van der Waals surface area (Å²) < 4.78 is 37.2. The Morgan fingerprint density at radius 1 is 1.29 bits per heavy atom. The number of anilines is 1. The van der Waals surface area contributed by atoms with Gasteiger partial charge in [-0.3, -0.25) is 0 Å². The predicted octanol–water partition coefficient (Wildman–Crippen LogP) is -0.00410. The van der Waals surface area contributed by atoms with Crippen molar-refractivity contribution < 1.29 is 64.3 Å². The van der Waals surface area contributed by atoms with Crippen LogP contribution in [0.1, 0.15) is 5.56 Å². The fourth-order valence-corrected chi connectivity index (χ4v) is 1.92. The van der Waals surface area contributed by atoms with Crippen LogP contribution in [-0.4, -0.2) is 20.1 Å². The topological polar surface area (TPSA) is 3.24 Å². The van der Waals surface area contributed by atoms with Crippen molar-refractivity contribution in [3.8, 4) is 0 Å². The van der Waals surface area contributed by atoms with Gasteiger partial charge in [-0.15, -0.1) is 12.1 Å². The summed E-state index contributed by atoms with van der Waals surface area (Å²) in [6.45, 7) is -1.26. The van der Waals surface area contributed by atoms with Gasteiger partial charge in [0.25, 0.3) is 0 Å². The van der Waals surface area contributed by atoms with E-state index in [0.29, 0.717) is 6.54 Å². The van der Waals surface area contributed by atoms with Crippen molar-refractivity contribution in [2.75, 3.05) is 18.0 Å². The zero-order chi connectivity index (χ0) is 11.8. The van der Waals surface area contributed by atoms with E-state index in [2.05, 4.69) is 6.58 Å². The molecule has 86 valence electrons. The van der Waals surface area contributed by atoms with Crippen LogP contribution in [0.2, 0.25) is 0 Å². The normalized spacial score (nSPS) is 14.2. The maximum atomic E-state index is 12.4. The molecule has 17 heavy (non-hydrogen) atoms. The van der Waals surface area contributed by atoms with Gasteiger partial charge in [-0.1, -0.05) is 18.2 Å². The maximum absolute atomic E-state index is 12.4. The number of nitrogens with zero attached hydrogens (tertiary/aromatic N) is 1. The van der Waals surface area contributed by atoms with Crippen molar-refractivity contribution in [2.24, 2.45) is 0 Å². The number of halogens is 3. The van der Waals surface area contributed by atoms with E-state index in [0.717, 1.165) is 17.7 Å². The molecule has 0 amide bonds. The molecule has 6 heteroatoms. The minimum Gasteiger partial charge on any atom is -0.445 e. The van der Waals surface area contributed by atoms with Gasteiger partial charge >= 0.3 is 58.4 Å². The molecule has 1 aromatic carbocycles. The van der Waals surface area contributed by atoms with Gasteiger partial charge in [-0.25, -0.2) is 0 Å². The Hall–Kier alpha value is 0.251. The van der Waals surface area contributed by atoms with Crippen molar-refractivity contribution >= 4 is 12.7 Å². The van der Waals surface area contributed by atoms with Crippen LogP contribution in [0.5, 0.6) is 0 Å². The smallest absolute Gasteiger partial charge is 0.445 e. The number of benzene rings is 1. The van der Waals surface area contributed by atoms with Crippen molar-refractivity contribution in [2.45, 2.75) is 6.42 Å². The van der Waals surface area contributed by atoms with E-state index in [1.807, 2.05) is 24.3 Å². The number of para-hydroxylation sites is 1. The summed E-state index contributed by atoms with van der Waals surface area (Å²) in [5.74, 6) is 0. The molecule has 0 unspecified atom stereocenters. The Bertz CT molecular complexity index is 419. The summed E-state index contributed by atoms with van der Waals surface area (Å²) in [6, 6.07) is 7.57. The van der Waals surface area contributed by atoms with E-state index in [-0.39, 0.29) is 57.9 Å². The number of hydrogen-bond acceptors (Lipinski definition) is 1. The summed E-state index contributed by atoms with van der Waals surface area (Å²) in [5, 5.41) is 0. The van der Waals surface area contributed by atoms with Gasteiger partial charge in [-0.2, -0.15) is 0 Å². The van der Waals surface area contributed by atoms with Crippen LogP contribution < -0.4 is 56.3 Å². The number of rotatable bonds is 3. The van der Waals surface area contributed by atoms with Gasteiger partial charge in [-0.05, 0) is 18.1 Å². The Balaban J connectivity index is 0.00000144. The predicted molar refractivity (Wildman–Crippen MR) is 60.6 cm³/mol. The SMILES string of the molecule is C=C(CN1CCc2ccccc21)[B-](F)(F)F.[K+]. The Morgan fingerprint density at radius 3 is 2.59 bits per heavy atom. The molecule has 0 aromatic heterocycles. The van der Waals surface area contributed by atoms with Gasteiger partial charge in [0.15, 0.2) is 0 Å². The number of hydrogen-bond donors (Lipinski definition) is 0. The Kier molecular flexibility index (Phi) is 5.34. The average molecular weight is 265 g/mol. The maximum Gasteiger partial charge on any atom is 1.00 e. The summed E-state index contributed by atoms with van der Waals surface area (Å²) in [5.41, 5.74) is 1.39. The molecular weight excluding hydrogens is 253 g/mol. The second-order valence-electron chi connectivity index (χ2n) is 4.03. The fourth-order valence-electron chi connectivity index (χ4n) is 1.92. The van der Waals surface area contributed by atoms with Crippen LogP contribution >= 0.6 is 0 Å². The van der Waals surface area contributed by atoms with Crippen LogP contribution in [0.15, 0.2) is 36.3 Å². The third-order valence-corrected chi connectivity index (χ3v) is 2.84. The molecule has 1 heterocycles. The minimum absolute atomic E-state index is 0. The molecule has 0 spiro atoms. The van der Waals surface area contributed by atoms with Gasteiger partial charge in [0.1, 0.15) is 0 Å². The first-order valence-electron chi connectivity index (χ1n) is 5.19. The van der Waals surface area contributed by atoms with Crippen molar-refractivity contribution in [1.29, 1.82) is 0 Å². The Morgan fingerprint density at radius 2 is 1.94 bits per heavy atom. The summed E-state index contributed by atoms with van der Waals surface area (Å²) in [6.07, 6.45) is 0.814. The van der Waals surface area contributed by atoms with E-state index >= 15 is 0 Å². The van der Waals surface area contributed by atoms with Crippen LogP contribution in [-0.2, 0) is 6.42 Å². The molecule has 0 radical (unpaired) electrons. The van der Waals surface area contributed by atoms with Crippen LogP contribution in [0.25, 0.3) is 0 Å². The second kappa shape index (κ2) is 5.93. The van der Waals surface area contributed by atoms with Crippen molar-refractivity contribution in [3.63, 3.8) is 0 Å². The zero-order valence-electron chi connectivity index (χ0n) is 9.80. The van der Waals surface area contributed by atoms with Crippen LogP contribution in [0.4, 0.5) is 18.6 Å². The van der Waals surface area contributed by atoms with Gasteiger partial charge < -0.3 is 17.8 Å². The van der Waals surface area contributed by atoms with Gasteiger partial charge in [0.05, 0.1) is 0 Å². The first-order chi connectivity index (χ1) is 7.48. The van der Waals surface area contributed by atoms with Gasteiger partial charge in [0.2, 0.25) is 0 Å². The summed E-state index contributed by atoms with van der Waals surface area (Å²) >= 11 is 0. The minimum atomic E-state index is -4.92. The molecule has 0 N–H and O–H groups in total. The third kappa shape index (κ3) is 3.61. The molecule has 0 fully saturated rings. The molecular formula is C11H12BF3KN. The molecule has 0 saturated carbocycles. The van der Waals surface area contributed by atoms with Crippen molar-refractivity contribution in [3.05, 3.63) is 41.9 Å². The van der Waals surface area contributed by atoms with Crippen molar-refractivity contribution in [1.82, 2.24) is 0 Å². The molecule has 0 atom stereocenters. The second-order valence-corrected chi connectivity index (χ2v) is 4.03. The summed E-state index contributed by atoms with van der Waals surface area (Å²) in [4.78, 5) is 1.74. The van der Waals surface area contributed by atoms with Crippen LogP contribution in [0.3, 0.4) is 0 Å². The molecule has 1 aliphatic heterocycles. The van der Waals surface area contributed by atoms with E-state index in [1.54, 1.807) is 4.90 Å². The molecule has 1 aliphatic rings.